The van der Waals surface area contributed by atoms with Crippen molar-refractivity contribution in [1.82, 2.24) is 5.32 Å². The fourth-order valence-electron chi connectivity index (χ4n) is 2.78. The Hall–Kier alpha value is -3.04. The topological polar surface area (TPSA) is 101 Å². The summed E-state index contributed by atoms with van der Waals surface area (Å²) in [5.74, 6) is 2.70. The maximum absolute atomic E-state index is 10.8. The molecule has 2 atom stereocenters. The number of benzene rings is 1. The van der Waals surface area contributed by atoms with Gasteiger partial charge in [0, 0.05) is 17.8 Å². The Morgan fingerprint density at radius 1 is 1.46 bits per heavy atom. The van der Waals surface area contributed by atoms with Gasteiger partial charge in [-0.25, -0.2) is 4.79 Å². The van der Waals surface area contributed by atoms with E-state index >= 15 is 0 Å². The first-order valence-electron chi connectivity index (χ1n) is 8.80. The van der Waals surface area contributed by atoms with Crippen molar-refractivity contribution in [2.24, 2.45) is 0 Å². The molecule has 7 heteroatoms. The summed E-state index contributed by atoms with van der Waals surface area (Å²) in [4.78, 5) is 10.2. The van der Waals surface area contributed by atoms with Crippen LogP contribution in [0.25, 0.3) is 0 Å². The third-order valence-electron chi connectivity index (χ3n) is 4.21. The molecule has 2 N–H and O–H groups in total. The van der Waals surface area contributed by atoms with Crippen LogP contribution >= 0.6 is 0 Å². The highest BCUT2D eigenvalue weighted by Crippen LogP contribution is 2.40. The van der Waals surface area contributed by atoms with Gasteiger partial charge >= 0.3 is 0 Å². The van der Waals surface area contributed by atoms with E-state index in [-0.39, 0.29) is 19.8 Å². The summed E-state index contributed by atoms with van der Waals surface area (Å²) >= 11 is 0. The molecule has 0 saturated carbocycles. The van der Waals surface area contributed by atoms with Crippen molar-refractivity contribution in [3.05, 3.63) is 60.0 Å². The minimum atomic E-state index is -0.884. The van der Waals surface area contributed by atoms with Gasteiger partial charge in [-0.2, -0.15) is 5.26 Å². The predicted octanol–water partition coefficient (Wildman–Crippen LogP) is 2.17. The van der Waals surface area contributed by atoms with Crippen LogP contribution in [0.1, 0.15) is 31.0 Å². The minimum absolute atomic E-state index is 0.111. The Kier molecular flexibility index (Phi) is 7.42. The molecule has 0 aromatic heterocycles. The fraction of sp³-hybridized carbons (Fsp3) is 0.381. The summed E-state index contributed by atoms with van der Waals surface area (Å²) in [6.07, 6.45) is 3.54. The molecular formula is C21H24N2O5. The van der Waals surface area contributed by atoms with Gasteiger partial charge < -0.3 is 24.6 Å². The highest BCUT2D eigenvalue weighted by atomic mass is 16.5. The quantitative estimate of drug-likeness (QED) is 0.291. The molecule has 0 unspecified atom stereocenters. The van der Waals surface area contributed by atoms with Crippen LogP contribution in [0.15, 0.2) is 48.9 Å². The first kappa shape index (κ1) is 21.3. The largest absolute Gasteiger partial charge is 0.490 e. The monoisotopic (exact) mass is 384 g/mol. The minimum Gasteiger partial charge on any atom is -0.490 e. The van der Waals surface area contributed by atoms with Crippen molar-refractivity contribution in [3.8, 4) is 11.8 Å². The van der Waals surface area contributed by atoms with Gasteiger partial charge in [0.25, 0.3) is 0 Å². The average molecular weight is 384 g/mol. The van der Waals surface area contributed by atoms with Gasteiger partial charge in [0.2, 0.25) is 0 Å². The number of aliphatic hydroxyl groups excluding tert-OH is 1. The maximum Gasteiger partial charge on any atom is 0.138 e. The van der Waals surface area contributed by atoms with E-state index in [0.29, 0.717) is 22.6 Å². The van der Waals surface area contributed by atoms with Crippen LogP contribution in [0.3, 0.4) is 0 Å². The lowest BCUT2D eigenvalue weighted by Gasteiger charge is -2.42. The molecule has 0 amide bonds. The van der Waals surface area contributed by atoms with Crippen molar-refractivity contribution in [2.75, 3.05) is 19.8 Å². The number of hydrogen-bond donors (Lipinski definition) is 2. The summed E-state index contributed by atoms with van der Waals surface area (Å²) in [5, 5.41) is 23.2. The van der Waals surface area contributed by atoms with Crippen molar-refractivity contribution < 1.29 is 24.1 Å². The molecule has 1 heterocycles. The molecular weight excluding hydrogens is 360 g/mol. The summed E-state index contributed by atoms with van der Waals surface area (Å²) in [6, 6.07) is 6.66. The van der Waals surface area contributed by atoms with Crippen LogP contribution in [0.4, 0.5) is 0 Å². The molecule has 1 aromatic carbocycles. The van der Waals surface area contributed by atoms with Gasteiger partial charge in [-0.1, -0.05) is 12.7 Å². The highest BCUT2D eigenvalue weighted by molar-refractivity contribution is 5.46. The fourth-order valence-corrected chi connectivity index (χ4v) is 2.78. The van der Waals surface area contributed by atoms with Crippen LogP contribution in [0, 0.1) is 11.3 Å². The number of hydrogen-bond acceptors (Lipinski definition) is 7. The van der Waals surface area contributed by atoms with E-state index in [0.717, 1.165) is 0 Å². The maximum atomic E-state index is 10.8. The Labute approximate surface area is 164 Å². The van der Waals surface area contributed by atoms with E-state index in [1.165, 1.54) is 6.08 Å². The molecule has 2 rings (SSSR count). The molecule has 7 nitrogen and oxygen atoms in total. The molecule has 1 aliphatic heterocycles. The smallest absolute Gasteiger partial charge is 0.138 e. The van der Waals surface area contributed by atoms with Crippen LogP contribution in [0.2, 0.25) is 0 Å². The lowest BCUT2D eigenvalue weighted by Crippen LogP contribution is -2.51. The first-order chi connectivity index (χ1) is 13.4. The molecule has 1 aliphatic rings. The molecule has 0 spiro atoms. The van der Waals surface area contributed by atoms with Crippen LogP contribution in [-0.2, 0) is 14.3 Å². The van der Waals surface area contributed by atoms with Gasteiger partial charge in [-0.05, 0) is 32.0 Å². The number of fused-ring (bicyclic) bond motifs is 1. The molecule has 0 aliphatic carbocycles. The number of ether oxygens (including phenoxy) is 3. The van der Waals surface area contributed by atoms with Gasteiger partial charge in [-0.3, -0.25) is 0 Å². The third kappa shape index (κ3) is 5.24. The van der Waals surface area contributed by atoms with Crippen LogP contribution in [-0.4, -0.2) is 42.6 Å². The van der Waals surface area contributed by atoms with Crippen molar-refractivity contribution in [2.45, 2.75) is 31.6 Å². The number of nitriles is 1. The summed E-state index contributed by atoms with van der Waals surface area (Å²) in [5.41, 5.74) is 0.312. The normalized spacial score (nSPS) is 20.0. The zero-order chi connectivity index (χ0) is 20.6. The zero-order valence-electron chi connectivity index (χ0n) is 16.0. The molecule has 0 fully saturated rings. The number of nitrogens with one attached hydrogen (secondary N) is 1. The predicted molar refractivity (Wildman–Crippen MR) is 103 cm³/mol. The van der Waals surface area contributed by atoms with E-state index in [4.69, 9.17) is 14.2 Å². The molecule has 0 radical (unpaired) electrons. The molecule has 1 aromatic rings. The zero-order valence-corrected chi connectivity index (χ0v) is 16.0. The number of nitrogens with zero attached hydrogens (tertiary/aromatic N) is 1. The Bertz CT molecular complexity index is 819. The molecule has 148 valence electrons. The second-order valence-corrected chi connectivity index (χ2v) is 6.71. The first-order valence-corrected chi connectivity index (χ1v) is 8.80. The van der Waals surface area contributed by atoms with E-state index in [9.17, 15) is 15.2 Å². The van der Waals surface area contributed by atoms with Crippen molar-refractivity contribution in [1.29, 1.82) is 5.26 Å². The number of rotatable bonds is 9. The van der Waals surface area contributed by atoms with Gasteiger partial charge in [0.15, 0.2) is 0 Å². The Morgan fingerprint density at radius 3 is 2.93 bits per heavy atom. The van der Waals surface area contributed by atoms with E-state index < -0.39 is 17.7 Å². The van der Waals surface area contributed by atoms with E-state index in [1.54, 1.807) is 50.3 Å². The molecule has 0 saturated heterocycles. The Balaban J connectivity index is 2.27. The van der Waals surface area contributed by atoms with Crippen LogP contribution in [0.5, 0.6) is 5.75 Å². The van der Waals surface area contributed by atoms with Gasteiger partial charge in [0.05, 0.1) is 24.3 Å². The summed E-state index contributed by atoms with van der Waals surface area (Å²) < 4.78 is 16.8. The highest BCUT2D eigenvalue weighted by Gasteiger charge is 2.42. The second-order valence-electron chi connectivity index (χ2n) is 6.71. The SMILES string of the molecule is C=CCOC(=CN[C@@H]1c2cc(C#N)ccc2OC(C)(C)[C@H]1O)COCC=C=O. The lowest BCUT2D eigenvalue weighted by atomic mass is 9.86. The van der Waals surface area contributed by atoms with E-state index in [2.05, 4.69) is 18.0 Å². The summed E-state index contributed by atoms with van der Waals surface area (Å²) in [6.45, 7) is 7.70. The molecule has 28 heavy (non-hydrogen) atoms. The third-order valence-corrected chi connectivity index (χ3v) is 4.21. The average Bonchev–Trinajstić information content (AvgIpc) is 2.68. The number of aliphatic hydroxyl groups is 1. The lowest BCUT2D eigenvalue weighted by molar-refractivity contribution is -0.0623. The molecule has 0 bridgehead atoms. The number of carbonyl (C=O) groups excluding carboxylic acids is 1. The second kappa shape index (κ2) is 9.77. The standard InChI is InChI=1S/C21H24N2O5/c1-4-9-27-16(14-26-10-5-8-24)13-23-19-17-11-15(12-22)6-7-18(17)28-21(2,3)20(19)25/h4-7,11,13,19-20,23,25H,1,9-10,14H2,2-3H3/t19-,20+/m1/s1. The van der Waals surface area contributed by atoms with Crippen LogP contribution < -0.4 is 10.1 Å². The Morgan fingerprint density at radius 2 is 2.25 bits per heavy atom. The van der Waals surface area contributed by atoms with E-state index in [1.807, 2.05) is 0 Å². The summed E-state index contributed by atoms with van der Waals surface area (Å²) in [7, 11) is 0. The van der Waals surface area contributed by atoms with Crippen molar-refractivity contribution in [3.63, 3.8) is 0 Å². The van der Waals surface area contributed by atoms with Gasteiger partial charge in [0.1, 0.15) is 42.4 Å². The van der Waals surface area contributed by atoms with Crippen molar-refractivity contribution >= 4 is 5.94 Å². The van der Waals surface area contributed by atoms with Gasteiger partial charge in [-0.15, -0.1) is 0 Å².